The van der Waals surface area contributed by atoms with E-state index in [9.17, 15) is 0 Å². The minimum absolute atomic E-state index is 0.820. The van der Waals surface area contributed by atoms with Gasteiger partial charge in [-0.3, -0.25) is 4.90 Å². The first kappa shape index (κ1) is 14.9. The summed E-state index contributed by atoms with van der Waals surface area (Å²) in [5, 5.41) is 3.42. The molecule has 3 nitrogen and oxygen atoms in total. The summed E-state index contributed by atoms with van der Waals surface area (Å²) in [5.41, 5.74) is 2.49. The molecule has 3 rings (SSSR count). The van der Waals surface area contributed by atoms with Crippen molar-refractivity contribution in [3.63, 3.8) is 0 Å². The molecule has 1 aliphatic rings. The van der Waals surface area contributed by atoms with Crippen LogP contribution in [-0.4, -0.2) is 31.2 Å². The van der Waals surface area contributed by atoms with Crippen molar-refractivity contribution in [2.75, 3.05) is 31.6 Å². The molecule has 1 aliphatic heterocycles. The Morgan fingerprint density at radius 1 is 1.10 bits per heavy atom. The molecule has 21 heavy (non-hydrogen) atoms. The lowest BCUT2D eigenvalue weighted by Crippen LogP contribution is -2.35. The number of halogens is 1. The molecule has 1 N–H and O–H groups in total. The Balaban J connectivity index is 1.51. The quantitative estimate of drug-likeness (QED) is 0.905. The number of hydrogen-bond donors (Lipinski definition) is 1. The van der Waals surface area contributed by atoms with Crippen molar-refractivity contribution in [2.24, 2.45) is 0 Å². The Labute approximate surface area is 134 Å². The van der Waals surface area contributed by atoms with Crippen molar-refractivity contribution in [3.05, 3.63) is 51.2 Å². The zero-order valence-corrected chi connectivity index (χ0v) is 13.4. The first-order chi connectivity index (χ1) is 10.3. The Bertz CT molecular complexity index is 564. The van der Waals surface area contributed by atoms with Gasteiger partial charge >= 0.3 is 0 Å². The molecule has 0 bridgehead atoms. The van der Waals surface area contributed by atoms with Gasteiger partial charge in [0.2, 0.25) is 0 Å². The average molecular weight is 323 g/mol. The summed E-state index contributed by atoms with van der Waals surface area (Å²) in [5.74, 6) is 0. The Morgan fingerprint density at radius 3 is 2.52 bits per heavy atom. The molecule has 0 aliphatic carbocycles. The number of benzene rings is 1. The number of rotatable bonds is 5. The summed E-state index contributed by atoms with van der Waals surface area (Å²) in [6.45, 7) is 5.58. The van der Waals surface area contributed by atoms with Crippen molar-refractivity contribution >= 4 is 28.6 Å². The number of nitrogens with zero attached hydrogens (tertiary/aromatic N) is 1. The summed E-state index contributed by atoms with van der Waals surface area (Å²) < 4.78 is 6.21. The van der Waals surface area contributed by atoms with Gasteiger partial charge in [0, 0.05) is 36.7 Å². The average Bonchev–Trinajstić information content (AvgIpc) is 2.93. The van der Waals surface area contributed by atoms with E-state index in [4.69, 9.17) is 16.3 Å². The van der Waals surface area contributed by atoms with Gasteiger partial charge in [0.15, 0.2) is 0 Å². The minimum Gasteiger partial charge on any atom is -0.380 e. The maximum Gasteiger partial charge on any atom is 0.0931 e. The van der Waals surface area contributed by atoms with Gasteiger partial charge in [-0.25, -0.2) is 0 Å². The molecule has 1 aromatic carbocycles. The second kappa shape index (κ2) is 7.27. The van der Waals surface area contributed by atoms with Crippen LogP contribution in [0.5, 0.6) is 0 Å². The van der Waals surface area contributed by atoms with Crippen LogP contribution in [0.15, 0.2) is 36.4 Å². The summed E-state index contributed by atoms with van der Waals surface area (Å²) in [4.78, 5) is 3.68. The Morgan fingerprint density at radius 2 is 1.86 bits per heavy atom. The van der Waals surface area contributed by atoms with Crippen molar-refractivity contribution in [1.29, 1.82) is 0 Å². The first-order valence-electron chi connectivity index (χ1n) is 7.17. The molecule has 0 unspecified atom stereocenters. The van der Waals surface area contributed by atoms with Gasteiger partial charge in [-0.2, -0.15) is 0 Å². The monoisotopic (exact) mass is 322 g/mol. The van der Waals surface area contributed by atoms with Crippen molar-refractivity contribution in [2.45, 2.75) is 13.1 Å². The van der Waals surface area contributed by atoms with E-state index in [1.54, 1.807) is 11.3 Å². The molecule has 112 valence electrons. The highest BCUT2D eigenvalue weighted by Gasteiger charge is 2.10. The highest BCUT2D eigenvalue weighted by molar-refractivity contribution is 7.16. The molecule has 2 heterocycles. The molecule has 2 aromatic rings. The molecule has 1 aromatic heterocycles. The molecule has 1 fully saturated rings. The van der Waals surface area contributed by atoms with Crippen LogP contribution in [0.1, 0.15) is 10.4 Å². The van der Waals surface area contributed by atoms with Gasteiger partial charge < -0.3 is 10.1 Å². The SMILES string of the molecule is Clc1ccc(CNc2ccc(CN3CCOCC3)cc2)s1. The van der Waals surface area contributed by atoms with Crippen molar-refractivity contribution < 1.29 is 4.74 Å². The van der Waals surface area contributed by atoms with E-state index in [1.165, 1.54) is 10.4 Å². The molecule has 0 radical (unpaired) electrons. The third-order valence-electron chi connectivity index (χ3n) is 3.56. The third-order valence-corrected chi connectivity index (χ3v) is 4.79. The molecule has 1 saturated heterocycles. The smallest absolute Gasteiger partial charge is 0.0931 e. The van der Waals surface area contributed by atoms with Crippen LogP contribution in [0, 0.1) is 0 Å². The number of anilines is 1. The second-order valence-corrected chi connectivity index (χ2v) is 6.94. The predicted molar refractivity (Wildman–Crippen MR) is 89.2 cm³/mol. The van der Waals surface area contributed by atoms with E-state index >= 15 is 0 Å². The molecular formula is C16H19ClN2OS. The van der Waals surface area contributed by atoms with E-state index in [-0.39, 0.29) is 0 Å². The fourth-order valence-electron chi connectivity index (χ4n) is 2.38. The van der Waals surface area contributed by atoms with Crippen LogP contribution in [0.3, 0.4) is 0 Å². The normalized spacial score (nSPS) is 16.0. The van der Waals surface area contributed by atoms with Gasteiger partial charge in [-0.15, -0.1) is 11.3 Å². The predicted octanol–water partition coefficient (Wildman–Crippen LogP) is 3.85. The molecule has 0 amide bonds. The fourth-order valence-corrected chi connectivity index (χ4v) is 3.41. The summed E-state index contributed by atoms with van der Waals surface area (Å²) >= 11 is 7.55. The highest BCUT2D eigenvalue weighted by Crippen LogP contribution is 2.22. The number of thiophene rings is 1. The van der Waals surface area contributed by atoms with Gasteiger partial charge in [0.25, 0.3) is 0 Å². The Hall–Kier alpha value is -1.07. The maximum atomic E-state index is 5.93. The Kier molecular flexibility index (Phi) is 5.14. The molecule has 5 heteroatoms. The lowest BCUT2D eigenvalue weighted by molar-refractivity contribution is 0.0342. The fraction of sp³-hybridized carbons (Fsp3) is 0.375. The topological polar surface area (TPSA) is 24.5 Å². The minimum atomic E-state index is 0.820. The van der Waals surface area contributed by atoms with Gasteiger partial charge in [-0.1, -0.05) is 23.7 Å². The number of ether oxygens (including phenoxy) is 1. The largest absolute Gasteiger partial charge is 0.380 e. The molecule has 0 saturated carbocycles. The number of morpholine rings is 1. The van der Waals surface area contributed by atoms with Crippen molar-refractivity contribution in [1.82, 2.24) is 4.90 Å². The summed E-state index contributed by atoms with van der Waals surface area (Å²) in [7, 11) is 0. The van der Waals surface area contributed by atoms with E-state index in [2.05, 4.69) is 40.5 Å². The van der Waals surface area contributed by atoms with E-state index in [0.29, 0.717) is 0 Å². The lowest BCUT2D eigenvalue weighted by Gasteiger charge is -2.26. The third kappa shape index (κ3) is 4.45. The second-order valence-electron chi connectivity index (χ2n) is 5.14. The van der Waals surface area contributed by atoms with Crippen LogP contribution in [0.4, 0.5) is 5.69 Å². The molecule has 0 atom stereocenters. The molecule has 0 spiro atoms. The number of hydrogen-bond acceptors (Lipinski definition) is 4. The highest BCUT2D eigenvalue weighted by atomic mass is 35.5. The summed E-state index contributed by atoms with van der Waals surface area (Å²) in [6.07, 6.45) is 0. The van der Waals surface area contributed by atoms with E-state index in [0.717, 1.165) is 49.4 Å². The van der Waals surface area contributed by atoms with Gasteiger partial charge in [0.1, 0.15) is 0 Å². The standard InChI is InChI=1S/C16H19ClN2OS/c17-16-6-5-15(21-16)11-18-14-3-1-13(2-4-14)12-19-7-9-20-10-8-19/h1-6,18H,7-12H2. The summed E-state index contributed by atoms with van der Waals surface area (Å²) in [6, 6.07) is 12.7. The van der Waals surface area contributed by atoms with E-state index in [1.807, 2.05) is 6.07 Å². The lowest BCUT2D eigenvalue weighted by atomic mass is 10.2. The van der Waals surface area contributed by atoms with Crippen LogP contribution in [-0.2, 0) is 17.8 Å². The maximum absolute atomic E-state index is 5.93. The van der Waals surface area contributed by atoms with Gasteiger partial charge in [0.05, 0.1) is 17.6 Å². The van der Waals surface area contributed by atoms with Crippen LogP contribution in [0.2, 0.25) is 4.34 Å². The van der Waals surface area contributed by atoms with E-state index < -0.39 is 0 Å². The van der Waals surface area contributed by atoms with Gasteiger partial charge in [-0.05, 0) is 29.8 Å². The van der Waals surface area contributed by atoms with Crippen LogP contribution < -0.4 is 5.32 Å². The molecular weight excluding hydrogens is 304 g/mol. The van der Waals surface area contributed by atoms with Crippen molar-refractivity contribution in [3.8, 4) is 0 Å². The van der Waals surface area contributed by atoms with Crippen LogP contribution >= 0.6 is 22.9 Å². The number of nitrogens with one attached hydrogen (secondary N) is 1. The zero-order chi connectivity index (χ0) is 14.5. The zero-order valence-electron chi connectivity index (χ0n) is 11.8. The van der Waals surface area contributed by atoms with Crippen LogP contribution in [0.25, 0.3) is 0 Å². The first-order valence-corrected chi connectivity index (χ1v) is 8.36.